The van der Waals surface area contributed by atoms with E-state index in [0.717, 1.165) is 11.3 Å². The molecule has 0 spiro atoms. The highest BCUT2D eigenvalue weighted by atomic mass is 32.1. The highest BCUT2D eigenvalue weighted by Crippen LogP contribution is 2.29. The molecule has 1 atom stereocenters. The van der Waals surface area contributed by atoms with Gasteiger partial charge in [0.05, 0.1) is 11.4 Å². The summed E-state index contributed by atoms with van der Waals surface area (Å²) in [5.41, 5.74) is 10.6. The van der Waals surface area contributed by atoms with Gasteiger partial charge in [-0.25, -0.2) is 4.39 Å². The van der Waals surface area contributed by atoms with E-state index >= 15 is 0 Å². The second-order valence-corrected chi connectivity index (χ2v) is 7.94. The van der Waals surface area contributed by atoms with Crippen molar-refractivity contribution in [1.29, 1.82) is 0 Å². The zero-order chi connectivity index (χ0) is 22.4. The Hall–Kier alpha value is -3.01. The number of nitrogen functional groups attached to an aromatic ring is 1. The summed E-state index contributed by atoms with van der Waals surface area (Å²) in [7, 11) is 0. The second kappa shape index (κ2) is 10.1. The lowest BCUT2D eigenvalue weighted by Gasteiger charge is -2.30. The van der Waals surface area contributed by atoms with E-state index in [2.05, 4.69) is 9.69 Å². The van der Waals surface area contributed by atoms with Crippen molar-refractivity contribution >= 4 is 40.6 Å². The summed E-state index contributed by atoms with van der Waals surface area (Å²) in [5.74, 6) is -2.29. The number of halogens is 1. The molecule has 30 heavy (non-hydrogen) atoms. The van der Waals surface area contributed by atoms with Crippen LogP contribution >= 0.6 is 11.5 Å². The molecule has 8 nitrogen and oxygen atoms in total. The van der Waals surface area contributed by atoms with E-state index in [0.29, 0.717) is 24.0 Å². The molecule has 10 heteroatoms. The molecule has 0 unspecified atom stereocenters. The van der Waals surface area contributed by atoms with Crippen LogP contribution in [0.25, 0.3) is 0 Å². The number of benzene rings is 1. The fraction of sp³-hybridized carbons (Fsp3) is 0.400. The Morgan fingerprint density at radius 1 is 1.27 bits per heavy atom. The van der Waals surface area contributed by atoms with Gasteiger partial charge in [-0.15, -0.1) is 0 Å². The van der Waals surface area contributed by atoms with Gasteiger partial charge in [0.2, 0.25) is 5.91 Å². The Bertz CT molecular complexity index is 931. The molecule has 1 aromatic carbocycles. The third-order valence-electron chi connectivity index (χ3n) is 4.51. The lowest BCUT2D eigenvalue weighted by molar-refractivity contribution is -0.122. The molecule has 1 aromatic heterocycles. The number of hydrogen-bond acceptors (Lipinski definition) is 6. The van der Waals surface area contributed by atoms with E-state index < -0.39 is 29.6 Å². The van der Waals surface area contributed by atoms with Gasteiger partial charge in [-0.2, -0.15) is 4.37 Å². The number of para-hydroxylation sites is 1. The van der Waals surface area contributed by atoms with Gasteiger partial charge < -0.3 is 16.8 Å². The number of carbonyl (C=O) groups excluding carboxylic acids is 3. The van der Waals surface area contributed by atoms with Crippen LogP contribution in [0, 0.1) is 11.7 Å². The van der Waals surface area contributed by atoms with Crippen molar-refractivity contribution < 1.29 is 18.8 Å². The molecule has 0 aliphatic rings. The summed E-state index contributed by atoms with van der Waals surface area (Å²) in [4.78, 5) is 38.7. The number of anilines is 2. The Balaban J connectivity index is 2.47. The molecule has 3 amide bonds. The normalized spacial score (nSPS) is 11.9. The first-order valence-corrected chi connectivity index (χ1v) is 10.4. The number of nitrogens with zero attached hydrogens (tertiary/aromatic N) is 2. The van der Waals surface area contributed by atoms with Gasteiger partial charge in [-0.05, 0) is 42.4 Å². The van der Waals surface area contributed by atoms with E-state index in [4.69, 9.17) is 11.5 Å². The van der Waals surface area contributed by atoms with Crippen molar-refractivity contribution in [3.63, 3.8) is 0 Å². The number of amides is 3. The van der Waals surface area contributed by atoms with Crippen LogP contribution in [0.2, 0.25) is 0 Å². The van der Waals surface area contributed by atoms with Gasteiger partial charge in [0.15, 0.2) is 5.69 Å². The quantitative estimate of drug-likeness (QED) is 0.557. The van der Waals surface area contributed by atoms with E-state index in [9.17, 15) is 18.8 Å². The summed E-state index contributed by atoms with van der Waals surface area (Å²) in [6, 6.07) is 4.66. The maximum absolute atomic E-state index is 14.6. The molecule has 5 N–H and O–H groups in total. The first-order valence-electron chi connectivity index (χ1n) is 9.59. The van der Waals surface area contributed by atoms with Crippen LogP contribution in [0.5, 0.6) is 0 Å². The summed E-state index contributed by atoms with van der Waals surface area (Å²) in [6.07, 6.45) is 0.995. The monoisotopic (exact) mass is 435 g/mol. The van der Waals surface area contributed by atoms with Crippen LogP contribution < -0.4 is 21.7 Å². The third-order valence-corrected chi connectivity index (χ3v) is 5.36. The van der Waals surface area contributed by atoms with E-state index in [1.807, 2.05) is 13.8 Å². The lowest BCUT2D eigenvalue weighted by Crippen LogP contribution is -2.50. The maximum atomic E-state index is 14.6. The predicted octanol–water partition coefficient (Wildman–Crippen LogP) is 2.55. The van der Waals surface area contributed by atoms with Crippen molar-refractivity contribution in [2.45, 2.75) is 39.7 Å². The maximum Gasteiger partial charge on any atom is 0.272 e. The molecular weight excluding hydrogens is 409 g/mol. The first kappa shape index (κ1) is 23.3. The highest BCUT2D eigenvalue weighted by molar-refractivity contribution is 7.09. The van der Waals surface area contributed by atoms with Gasteiger partial charge in [-0.1, -0.05) is 32.9 Å². The summed E-state index contributed by atoms with van der Waals surface area (Å²) >= 11 is 0.682. The molecule has 0 radical (unpaired) electrons. The van der Waals surface area contributed by atoms with Crippen molar-refractivity contribution in [1.82, 2.24) is 9.69 Å². The topological polar surface area (TPSA) is 131 Å². The van der Waals surface area contributed by atoms with Crippen molar-refractivity contribution in [3.05, 3.63) is 40.7 Å². The number of aromatic nitrogens is 1. The molecule has 0 fully saturated rings. The minimum Gasteiger partial charge on any atom is -0.395 e. The smallest absolute Gasteiger partial charge is 0.272 e. The number of nitrogens with two attached hydrogens (primary N) is 2. The van der Waals surface area contributed by atoms with E-state index in [-0.39, 0.29) is 28.4 Å². The zero-order valence-electron chi connectivity index (χ0n) is 17.1. The van der Waals surface area contributed by atoms with Crippen LogP contribution in [0.15, 0.2) is 24.3 Å². The van der Waals surface area contributed by atoms with Gasteiger partial charge in [0, 0.05) is 6.54 Å². The van der Waals surface area contributed by atoms with Crippen LogP contribution in [0.4, 0.5) is 15.8 Å². The molecule has 0 aliphatic heterocycles. The predicted molar refractivity (Wildman–Crippen MR) is 115 cm³/mol. The molecule has 2 rings (SSSR count). The molecule has 0 aliphatic carbocycles. The molecule has 1 heterocycles. The summed E-state index contributed by atoms with van der Waals surface area (Å²) in [5, 5.41) is 2.81. The third kappa shape index (κ3) is 5.12. The Morgan fingerprint density at radius 2 is 1.93 bits per heavy atom. The van der Waals surface area contributed by atoms with Crippen LogP contribution in [0.3, 0.4) is 0 Å². The van der Waals surface area contributed by atoms with Gasteiger partial charge in [0.1, 0.15) is 16.7 Å². The molecule has 2 aromatic rings. The fourth-order valence-corrected chi connectivity index (χ4v) is 3.63. The van der Waals surface area contributed by atoms with E-state index in [1.54, 1.807) is 13.0 Å². The van der Waals surface area contributed by atoms with Crippen LogP contribution in [-0.4, -0.2) is 34.7 Å². The van der Waals surface area contributed by atoms with Gasteiger partial charge in [-0.3, -0.25) is 19.3 Å². The number of hydrogen-bond donors (Lipinski definition) is 3. The molecule has 162 valence electrons. The van der Waals surface area contributed by atoms with Crippen LogP contribution in [-0.2, 0) is 4.79 Å². The van der Waals surface area contributed by atoms with Crippen molar-refractivity contribution in [2.24, 2.45) is 11.7 Å². The van der Waals surface area contributed by atoms with Gasteiger partial charge >= 0.3 is 0 Å². The number of primary amides is 1. The number of rotatable bonds is 9. The zero-order valence-corrected chi connectivity index (χ0v) is 18.0. The average molecular weight is 436 g/mol. The average Bonchev–Trinajstić information content (AvgIpc) is 3.07. The van der Waals surface area contributed by atoms with Crippen molar-refractivity contribution in [2.75, 3.05) is 17.2 Å². The molecular formula is C20H26FN5O3S. The Labute approximate surface area is 178 Å². The van der Waals surface area contributed by atoms with Crippen molar-refractivity contribution in [3.8, 4) is 0 Å². The SMILES string of the molecule is CC[C@H](C(=O)NCCC(C)C)N(C(=O)c1snc(C(N)=O)c1N)c1ccccc1F. The molecule has 0 saturated heterocycles. The molecule has 0 saturated carbocycles. The lowest BCUT2D eigenvalue weighted by atomic mass is 10.1. The fourth-order valence-electron chi connectivity index (χ4n) is 2.89. The largest absolute Gasteiger partial charge is 0.395 e. The Morgan fingerprint density at radius 3 is 2.47 bits per heavy atom. The highest BCUT2D eigenvalue weighted by Gasteiger charge is 2.35. The second-order valence-electron chi connectivity index (χ2n) is 7.16. The summed E-state index contributed by atoms with van der Waals surface area (Å²) in [6.45, 7) is 6.21. The number of carbonyl (C=O) groups is 3. The standard InChI is InChI=1S/C20H26FN5O3S/c1-4-13(19(28)24-10-9-11(2)3)26(14-8-6-5-7-12(14)21)20(29)17-15(22)16(18(23)27)25-30-17/h5-8,11,13H,4,9-10,22H2,1-3H3,(H2,23,27)(H,24,28)/t13-/m1/s1. The summed E-state index contributed by atoms with van der Waals surface area (Å²) < 4.78 is 18.5. The van der Waals surface area contributed by atoms with E-state index in [1.165, 1.54) is 18.2 Å². The Kier molecular flexibility index (Phi) is 7.87. The van der Waals surface area contributed by atoms with Crippen LogP contribution in [0.1, 0.15) is 53.8 Å². The molecule has 0 bridgehead atoms. The minimum atomic E-state index is -0.986. The number of nitrogens with one attached hydrogen (secondary N) is 1. The minimum absolute atomic E-state index is 0.0678. The van der Waals surface area contributed by atoms with Gasteiger partial charge in [0.25, 0.3) is 11.8 Å². The first-order chi connectivity index (χ1) is 14.2.